The van der Waals surface area contributed by atoms with Crippen molar-refractivity contribution in [2.24, 2.45) is 0 Å². The molecular weight excluding hydrogens is 428 g/mol. The largest absolute Gasteiger partial charge is 0.493 e. The minimum atomic E-state index is 0.549. The maximum absolute atomic E-state index is 5.47. The van der Waals surface area contributed by atoms with Crippen LogP contribution in [-0.2, 0) is 0 Å². The number of ether oxygens (including phenoxy) is 3. The molecule has 0 saturated carbocycles. The molecule has 166 valence electrons. The molecule has 5 rings (SSSR count). The van der Waals surface area contributed by atoms with Gasteiger partial charge in [0.05, 0.1) is 38.6 Å². The normalized spacial score (nSPS) is 13.5. The highest BCUT2D eigenvalue weighted by Crippen LogP contribution is 2.39. The van der Waals surface area contributed by atoms with E-state index in [0.29, 0.717) is 23.1 Å². The summed E-state index contributed by atoms with van der Waals surface area (Å²) >= 11 is 1.62. The van der Waals surface area contributed by atoms with E-state index in [1.165, 1.54) is 12.8 Å². The molecule has 0 atom stereocenters. The first-order chi connectivity index (χ1) is 15.7. The summed E-state index contributed by atoms with van der Waals surface area (Å²) in [6.07, 6.45) is 5.98. The van der Waals surface area contributed by atoms with Crippen molar-refractivity contribution >= 4 is 39.1 Å². The molecule has 0 bridgehead atoms. The number of hydrogen-bond donors (Lipinski definition) is 1. The molecule has 0 aliphatic carbocycles. The topological polar surface area (TPSA) is 86.6 Å². The van der Waals surface area contributed by atoms with Gasteiger partial charge >= 0.3 is 0 Å². The van der Waals surface area contributed by atoms with Gasteiger partial charge in [-0.15, -0.1) is 11.3 Å². The molecule has 1 fully saturated rings. The molecule has 0 spiro atoms. The standard InChI is InChI=1S/C22H24N6O3S/c1-29-16-10-14(11-17(30-2)19(16)31-3)28-12-18(23-13-28)24-20-15-6-9-32-21(15)26-22(25-20)27-7-4-5-8-27/h6,9-13H,4-5,7-8H2,1-3H3,(H,24,25,26). The van der Waals surface area contributed by atoms with E-state index in [4.69, 9.17) is 24.2 Å². The Bertz CT molecular complexity index is 1220. The van der Waals surface area contributed by atoms with Crippen molar-refractivity contribution in [3.8, 4) is 22.9 Å². The Morgan fingerprint density at radius 2 is 1.75 bits per heavy atom. The highest BCUT2D eigenvalue weighted by atomic mass is 32.1. The van der Waals surface area contributed by atoms with Crippen molar-refractivity contribution < 1.29 is 14.2 Å². The molecule has 1 N–H and O–H groups in total. The highest BCUT2D eigenvalue weighted by molar-refractivity contribution is 7.16. The number of hydrogen-bond acceptors (Lipinski definition) is 9. The smallest absolute Gasteiger partial charge is 0.228 e. The summed E-state index contributed by atoms with van der Waals surface area (Å²) in [7, 11) is 4.78. The summed E-state index contributed by atoms with van der Waals surface area (Å²) in [6.45, 7) is 1.98. The first kappa shape index (κ1) is 20.4. The van der Waals surface area contributed by atoms with Gasteiger partial charge in [0.25, 0.3) is 0 Å². The van der Waals surface area contributed by atoms with Crippen LogP contribution in [0.2, 0.25) is 0 Å². The van der Waals surface area contributed by atoms with Crippen LogP contribution >= 0.6 is 11.3 Å². The molecular formula is C22H24N6O3S. The summed E-state index contributed by atoms with van der Waals surface area (Å²) < 4.78 is 18.2. The second kappa shape index (κ2) is 8.54. The van der Waals surface area contributed by atoms with Gasteiger partial charge in [-0.1, -0.05) is 0 Å². The fourth-order valence-corrected chi connectivity index (χ4v) is 4.62. The van der Waals surface area contributed by atoms with E-state index in [1.54, 1.807) is 39.0 Å². The third kappa shape index (κ3) is 3.66. The van der Waals surface area contributed by atoms with Crippen LogP contribution in [0.4, 0.5) is 17.6 Å². The fourth-order valence-electron chi connectivity index (χ4n) is 3.86. The highest BCUT2D eigenvalue weighted by Gasteiger charge is 2.19. The molecule has 0 radical (unpaired) electrons. The first-order valence-electron chi connectivity index (χ1n) is 10.3. The Hall–Kier alpha value is -3.53. The SMILES string of the molecule is COc1cc(-n2cnc(Nc3nc(N4CCCC4)nc4sccc34)c2)cc(OC)c1OC. The van der Waals surface area contributed by atoms with Gasteiger partial charge in [0.2, 0.25) is 11.7 Å². The van der Waals surface area contributed by atoms with Crippen LogP contribution in [0.15, 0.2) is 36.1 Å². The van der Waals surface area contributed by atoms with Gasteiger partial charge in [0.15, 0.2) is 11.5 Å². The van der Waals surface area contributed by atoms with E-state index >= 15 is 0 Å². The molecule has 3 aromatic heterocycles. The van der Waals surface area contributed by atoms with Gasteiger partial charge in [-0.3, -0.25) is 0 Å². The van der Waals surface area contributed by atoms with Crippen LogP contribution in [0, 0.1) is 0 Å². The average Bonchev–Trinajstić information content (AvgIpc) is 3.59. The number of nitrogens with zero attached hydrogens (tertiary/aromatic N) is 5. The number of anilines is 3. The van der Waals surface area contributed by atoms with E-state index in [-0.39, 0.29) is 0 Å². The molecule has 10 heteroatoms. The molecule has 1 saturated heterocycles. The van der Waals surface area contributed by atoms with E-state index in [9.17, 15) is 0 Å². The minimum absolute atomic E-state index is 0.549. The van der Waals surface area contributed by atoms with Crippen molar-refractivity contribution in [3.63, 3.8) is 0 Å². The molecule has 0 unspecified atom stereocenters. The maximum Gasteiger partial charge on any atom is 0.228 e. The zero-order valence-corrected chi connectivity index (χ0v) is 19.0. The van der Waals surface area contributed by atoms with Crippen molar-refractivity contribution in [1.82, 2.24) is 19.5 Å². The fraction of sp³-hybridized carbons (Fsp3) is 0.318. The quantitative estimate of drug-likeness (QED) is 0.445. The molecule has 1 aliphatic heterocycles. The van der Waals surface area contributed by atoms with E-state index in [0.717, 1.165) is 40.8 Å². The lowest BCUT2D eigenvalue weighted by atomic mass is 10.2. The van der Waals surface area contributed by atoms with Crippen molar-refractivity contribution in [1.29, 1.82) is 0 Å². The van der Waals surface area contributed by atoms with Crippen LogP contribution < -0.4 is 24.4 Å². The van der Waals surface area contributed by atoms with Crippen LogP contribution in [0.5, 0.6) is 17.2 Å². The summed E-state index contributed by atoms with van der Waals surface area (Å²) in [6, 6.07) is 5.78. The monoisotopic (exact) mass is 452 g/mol. The van der Waals surface area contributed by atoms with Crippen molar-refractivity contribution in [2.45, 2.75) is 12.8 Å². The third-order valence-corrected chi connectivity index (χ3v) is 6.29. The van der Waals surface area contributed by atoms with E-state index in [2.05, 4.69) is 15.2 Å². The summed E-state index contributed by atoms with van der Waals surface area (Å²) in [5.74, 6) is 3.91. The van der Waals surface area contributed by atoms with Crippen LogP contribution in [-0.4, -0.2) is 53.9 Å². The molecule has 1 aliphatic rings. The Morgan fingerprint density at radius 3 is 2.44 bits per heavy atom. The third-order valence-electron chi connectivity index (χ3n) is 5.48. The predicted molar refractivity (Wildman–Crippen MR) is 125 cm³/mol. The average molecular weight is 453 g/mol. The Balaban J connectivity index is 1.47. The van der Waals surface area contributed by atoms with Crippen LogP contribution in [0.3, 0.4) is 0 Å². The van der Waals surface area contributed by atoms with Gasteiger partial charge in [-0.05, 0) is 24.3 Å². The lowest BCUT2D eigenvalue weighted by Gasteiger charge is -2.16. The Morgan fingerprint density at radius 1 is 1.00 bits per heavy atom. The van der Waals surface area contributed by atoms with E-state index in [1.807, 2.05) is 34.3 Å². The second-order valence-electron chi connectivity index (χ2n) is 7.38. The Kier molecular flexibility index (Phi) is 5.44. The predicted octanol–water partition coefficient (Wildman–Crippen LogP) is 4.25. The molecule has 0 amide bonds. The summed E-state index contributed by atoms with van der Waals surface area (Å²) in [4.78, 5) is 17.3. The summed E-state index contributed by atoms with van der Waals surface area (Å²) in [5, 5.41) is 6.40. The summed E-state index contributed by atoms with van der Waals surface area (Å²) in [5.41, 5.74) is 0.834. The number of aromatic nitrogens is 4. The lowest BCUT2D eigenvalue weighted by molar-refractivity contribution is 0.324. The number of benzene rings is 1. The number of rotatable bonds is 7. The number of methoxy groups -OCH3 is 3. The number of fused-ring (bicyclic) bond motifs is 1. The molecule has 4 heterocycles. The zero-order chi connectivity index (χ0) is 22.1. The zero-order valence-electron chi connectivity index (χ0n) is 18.2. The maximum atomic E-state index is 5.47. The van der Waals surface area contributed by atoms with Crippen LogP contribution in [0.25, 0.3) is 15.9 Å². The van der Waals surface area contributed by atoms with Gasteiger partial charge in [-0.25, -0.2) is 9.97 Å². The second-order valence-corrected chi connectivity index (χ2v) is 8.28. The number of thiophene rings is 1. The molecule has 9 nitrogen and oxygen atoms in total. The number of nitrogens with one attached hydrogen (secondary N) is 1. The first-order valence-corrected chi connectivity index (χ1v) is 11.2. The van der Waals surface area contributed by atoms with Crippen molar-refractivity contribution in [3.05, 3.63) is 36.1 Å². The number of imidazole rings is 1. The van der Waals surface area contributed by atoms with Crippen LogP contribution in [0.1, 0.15) is 12.8 Å². The van der Waals surface area contributed by atoms with Gasteiger partial charge in [0, 0.05) is 25.2 Å². The Labute approximate surface area is 189 Å². The van der Waals surface area contributed by atoms with Crippen molar-refractivity contribution in [2.75, 3.05) is 44.6 Å². The van der Waals surface area contributed by atoms with E-state index < -0.39 is 0 Å². The molecule has 4 aromatic rings. The van der Waals surface area contributed by atoms with Gasteiger partial charge < -0.3 is 29.0 Å². The molecule has 1 aromatic carbocycles. The van der Waals surface area contributed by atoms with Gasteiger partial charge in [0.1, 0.15) is 22.8 Å². The minimum Gasteiger partial charge on any atom is -0.493 e. The molecule has 32 heavy (non-hydrogen) atoms. The van der Waals surface area contributed by atoms with Gasteiger partial charge in [-0.2, -0.15) is 4.98 Å². The lowest BCUT2D eigenvalue weighted by Crippen LogP contribution is -2.20.